The van der Waals surface area contributed by atoms with Gasteiger partial charge in [0.25, 0.3) is 0 Å². The van der Waals surface area contributed by atoms with E-state index in [2.05, 4.69) is 4.98 Å². The fourth-order valence-electron chi connectivity index (χ4n) is 1.73. The number of ether oxygens (including phenoxy) is 1. The van der Waals surface area contributed by atoms with Crippen LogP contribution in [0, 0.1) is 0 Å². The van der Waals surface area contributed by atoms with Crippen molar-refractivity contribution in [1.82, 2.24) is 4.98 Å². The van der Waals surface area contributed by atoms with Gasteiger partial charge in [-0.1, -0.05) is 18.2 Å². The highest BCUT2D eigenvalue weighted by molar-refractivity contribution is 5.98. The van der Waals surface area contributed by atoms with Crippen molar-refractivity contribution in [2.45, 2.75) is 0 Å². The van der Waals surface area contributed by atoms with Crippen LogP contribution in [-0.4, -0.2) is 29.1 Å². The number of carbonyl (C=O) groups excluding carboxylic acids is 1. The molecule has 0 atom stereocenters. The first kappa shape index (κ1) is 12.8. The van der Waals surface area contributed by atoms with Crippen LogP contribution in [0.1, 0.15) is 20.7 Å². The minimum absolute atomic E-state index is 0.0668. The molecule has 0 unspecified atom stereocenters. The van der Waals surface area contributed by atoms with E-state index in [1.807, 2.05) is 0 Å². The van der Waals surface area contributed by atoms with E-state index in [0.717, 1.165) is 0 Å². The van der Waals surface area contributed by atoms with Gasteiger partial charge in [-0.15, -0.1) is 0 Å². The zero-order chi connectivity index (χ0) is 13.8. The molecular formula is C14H11NO4. The van der Waals surface area contributed by atoms with Crippen LogP contribution < -0.4 is 0 Å². The molecule has 2 aromatic rings. The van der Waals surface area contributed by atoms with E-state index in [-0.39, 0.29) is 5.56 Å². The monoisotopic (exact) mass is 257 g/mol. The van der Waals surface area contributed by atoms with Gasteiger partial charge in [0.2, 0.25) is 0 Å². The first-order chi connectivity index (χ1) is 9.13. The molecule has 0 spiro atoms. The Hall–Kier alpha value is -2.69. The van der Waals surface area contributed by atoms with Crippen molar-refractivity contribution in [2.24, 2.45) is 0 Å². The summed E-state index contributed by atoms with van der Waals surface area (Å²) in [6.07, 6.45) is 2.76. The summed E-state index contributed by atoms with van der Waals surface area (Å²) in [4.78, 5) is 26.5. The number of pyridine rings is 1. The maximum absolute atomic E-state index is 11.7. The van der Waals surface area contributed by atoms with Gasteiger partial charge in [0.05, 0.1) is 18.2 Å². The zero-order valence-electron chi connectivity index (χ0n) is 10.2. The molecule has 0 aliphatic rings. The number of aromatic carboxylic acids is 1. The summed E-state index contributed by atoms with van der Waals surface area (Å²) in [6.45, 7) is 0. The molecule has 1 N–H and O–H groups in total. The quantitative estimate of drug-likeness (QED) is 0.853. The highest BCUT2D eigenvalue weighted by Crippen LogP contribution is 2.24. The van der Waals surface area contributed by atoms with E-state index in [4.69, 9.17) is 9.84 Å². The van der Waals surface area contributed by atoms with E-state index in [0.29, 0.717) is 16.7 Å². The Morgan fingerprint density at radius 2 is 1.95 bits per heavy atom. The number of hydrogen-bond donors (Lipinski definition) is 1. The third-order valence-corrected chi connectivity index (χ3v) is 2.63. The standard InChI is InChI=1S/C14H11NO4/c1-19-14(18)12-5-3-2-4-11(12)9-6-10(13(16)17)8-15-7-9/h2-8H,1H3,(H,16,17). The van der Waals surface area contributed by atoms with E-state index < -0.39 is 11.9 Å². The molecule has 0 fully saturated rings. The molecule has 0 aliphatic heterocycles. The molecule has 2 rings (SSSR count). The van der Waals surface area contributed by atoms with Crippen molar-refractivity contribution in [3.8, 4) is 11.1 Å². The lowest BCUT2D eigenvalue weighted by Crippen LogP contribution is -2.04. The smallest absolute Gasteiger partial charge is 0.338 e. The van der Waals surface area contributed by atoms with Gasteiger partial charge in [-0.2, -0.15) is 0 Å². The number of esters is 1. The number of methoxy groups -OCH3 is 1. The Morgan fingerprint density at radius 1 is 1.21 bits per heavy atom. The topological polar surface area (TPSA) is 76.5 Å². The summed E-state index contributed by atoms with van der Waals surface area (Å²) in [5, 5.41) is 8.95. The van der Waals surface area contributed by atoms with Crippen molar-refractivity contribution in [2.75, 3.05) is 7.11 Å². The van der Waals surface area contributed by atoms with Gasteiger partial charge in [0, 0.05) is 18.0 Å². The number of carboxylic acid groups (broad SMARTS) is 1. The highest BCUT2D eigenvalue weighted by atomic mass is 16.5. The predicted octanol–water partition coefficient (Wildman–Crippen LogP) is 2.23. The summed E-state index contributed by atoms with van der Waals surface area (Å²) >= 11 is 0. The van der Waals surface area contributed by atoms with Crippen LogP contribution in [0.25, 0.3) is 11.1 Å². The minimum Gasteiger partial charge on any atom is -0.478 e. The van der Waals surface area contributed by atoms with Crippen molar-refractivity contribution < 1.29 is 19.4 Å². The van der Waals surface area contributed by atoms with Crippen molar-refractivity contribution in [3.05, 3.63) is 53.9 Å². The Balaban J connectivity index is 2.56. The van der Waals surface area contributed by atoms with Crippen LogP contribution in [0.2, 0.25) is 0 Å². The number of nitrogens with zero attached hydrogens (tertiary/aromatic N) is 1. The van der Waals surface area contributed by atoms with Crippen LogP contribution in [0.3, 0.4) is 0 Å². The molecule has 96 valence electrons. The normalized spacial score (nSPS) is 9.95. The third kappa shape index (κ3) is 2.60. The number of aromatic nitrogens is 1. The van der Waals surface area contributed by atoms with E-state index >= 15 is 0 Å². The third-order valence-electron chi connectivity index (χ3n) is 2.63. The van der Waals surface area contributed by atoms with Crippen LogP contribution in [0.4, 0.5) is 0 Å². The second-order valence-electron chi connectivity index (χ2n) is 3.80. The van der Waals surface area contributed by atoms with Crippen molar-refractivity contribution in [1.29, 1.82) is 0 Å². The number of hydrogen-bond acceptors (Lipinski definition) is 4. The average molecular weight is 257 g/mol. The Labute approximate surface area is 109 Å². The summed E-state index contributed by atoms with van der Waals surface area (Å²) < 4.78 is 4.70. The van der Waals surface area contributed by atoms with Crippen molar-refractivity contribution >= 4 is 11.9 Å². The first-order valence-corrected chi connectivity index (χ1v) is 5.49. The maximum atomic E-state index is 11.7. The Bertz CT molecular complexity index is 637. The summed E-state index contributed by atoms with van der Waals surface area (Å²) in [7, 11) is 1.30. The lowest BCUT2D eigenvalue weighted by Gasteiger charge is -2.08. The largest absolute Gasteiger partial charge is 0.478 e. The molecule has 0 saturated carbocycles. The molecule has 0 radical (unpaired) electrons. The van der Waals surface area contributed by atoms with Gasteiger partial charge in [-0.25, -0.2) is 9.59 Å². The van der Waals surface area contributed by atoms with Crippen LogP contribution in [0.15, 0.2) is 42.7 Å². The molecule has 1 aromatic carbocycles. The number of carboxylic acids is 1. The van der Waals surface area contributed by atoms with Crippen molar-refractivity contribution in [3.63, 3.8) is 0 Å². The Morgan fingerprint density at radius 3 is 2.63 bits per heavy atom. The number of rotatable bonds is 3. The SMILES string of the molecule is COC(=O)c1ccccc1-c1cncc(C(=O)O)c1. The molecule has 5 heteroatoms. The second-order valence-corrected chi connectivity index (χ2v) is 3.80. The minimum atomic E-state index is -1.06. The summed E-state index contributed by atoms with van der Waals surface area (Å²) in [6, 6.07) is 8.28. The molecule has 0 aliphatic carbocycles. The molecule has 1 aromatic heterocycles. The first-order valence-electron chi connectivity index (χ1n) is 5.49. The van der Waals surface area contributed by atoms with Gasteiger partial charge >= 0.3 is 11.9 Å². The molecule has 19 heavy (non-hydrogen) atoms. The second kappa shape index (κ2) is 5.30. The fraction of sp³-hybridized carbons (Fsp3) is 0.0714. The molecule has 0 bridgehead atoms. The van der Waals surface area contributed by atoms with Gasteiger partial charge < -0.3 is 9.84 Å². The van der Waals surface area contributed by atoms with Crippen LogP contribution in [-0.2, 0) is 4.74 Å². The van der Waals surface area contributed by atoms with E-state index in [9.17, 15) is 9.59 Å². The lowest BCUT2D eigenvalue weighted by molar-refractivity contribution is 0.0601. The highest BCUT2D eigenvalue weighted by Gasteiger charge is 2.14. The number of benzene rings is 1. The van der Waals surface area contributed by atoms with Gasteiger partial charge in [0.1, 0.15) is 0 Å². The Kier molecular flexibility index (Phi) is 3.56. The number of carbonyl (C=O) groups is 2. The van der Waals surface area contributed by atoms with Gasteiger partial charge in [-0.3, -0.25) is 4.98 Å². The molecule has 0 amide bonds. The molecule has 5 nitrogen and oxygen atoms in total. The lowest BCUT2D eigenvalue weighted by atomic mass is 10.00. The van der Waals surface area contributed by atoms with Crippen LogP contribution in [0.5, 0.6) is 0 Å². The summed E-state index contributed by atoms with van der Waals surface area (Å²) in [5.74, 6) is -1.54. The van der Waals surface area contributed by atoms with Crippen LogP contribution >= 0.6 is 0 Å². The van der Waals surface area contributed by atoms with Gasteiger partial charge in [0.15, 0.2) is 0 Å². The molecular weight excluding hydrogens is 246 g/mol. The summed E-state index contributed by atoms with van der Waals surface area (Å²) in [5.41, 5.74) is 1.58. The maximum Gasteiger partial charge on any atom is 0.338 e. The van der Waals surface area contributed by atoms with E-state index in [1.54, 1.807) is 24.3 Å². The molecule has 0 saturated heterocycles. The van der Waals surface area contributed by atoms with E-state index in [1.165, 1.54) is 25.6 Å². The molecule has 1 heterocycles. The average Bonchev–Trinajstić information content (AvgIpc) is 2.46. The zero-order valence-corrected chi connectivity index (χ0v) is 10.2. The fourth-order valence-corrected chi connectivity index (χ4v) is 1.73. The van der Waals surface area contributed by atoms with Gasteiger partial charge in [-0.05, 0) is 17.7 Å². The predicted molar refractivity (Wildman–Crippen MR) is 68.0 cm³/mol.